The van der Waals surface area contributed by atoms with Gasteiger partial charge in [0, 0.05) is 11.6 Å². The second-order valence-electron chi connectivity index (χ2n) is 6.59. The zero-order chi connectivity index (χ0) is 20.6. The van der Waals surface area contributed by atoms with Crippen molar-refractivity contribution in [1.82, 2.24) is 3.97 Å². The van der Waals surface area contributed by atoms with Crippen molar-refractivity contribution in [3.63, 3.8) is 0 Å². The number of nitrogens with zero attached hydrogens (tertiary/aromatic N) is 1. The fourth-order valence-electron chi connectivity index (χ4n) is 3.02. The van der Waals surface area contributed by atoms with E-state index < -0.39 is 16.0 Å². The molecular formula is C22H17NO5S. The van der Waals surface area contributed by atoms with E-state index in [4.69, 9.17) is 9.84 Å². The number of benzene rings is 3. The molecule has 6 nitrogen and oxygen atoms in total. The van der Waals surface area contributed by atoms with E-state index >= 15 is 0 Å². The highest BCUT2D eigenvalue weighted by atomic mass is 32.2. The molecule has 0 atom stereocenters. The first-order chi connectivity index (χ1) is 13.8. The Morgan fingerprint density at radius 3 is 2.38 bits per heavy atom. The second-order valence-corrected chi connectivity index (χ2v) is 8.40. The van der Waals surface area contributed by atoms with E-state index in [1.54, 1.807) is 60.7 Å². The van der Waals surface area contributed by atoms with Crippen molar-refractivity contribution in [3.8, 4) is 11.5 Å². The van der Waals surface area contributed by atoms with Gasteiger partial charge in [-0.05, 0) is 61.5 Å². The van der Waals surface area contributed by atoms with Crippen molar-refractivity contribution >= 4 is 26.9 Å². The molecule has 0 aliphatic heterocycles. The molecule has 0 saturated heterocycles. The van der Waals surface area contributed by atoms with Gasteiger partial charge in [0.05, 0.1) is 16.0 Å². The van der Waals surface area contributed by atoms with E-state index in [1.807, 2.05) is 6.92 Å². The van der Waals surface area contributed by atoms with Crippen LogP contribution in [0.4, 0.5) is 0 Å². The summed E-state index contributed by atoms with van der Waals surface area (Å²) in [5, 5.41) is 9.78. The number of rotatable bonds is 5. The van der Waals surface area contributed by atoms with Crippen molar-refractivity contribution < 1.29 is 23.1 Å². The minimum Gasteiger partial charge on any atom is -0.478 e. The molecule has 0 bridgehead atoms. The average Bonchev–Trinajstić information content (AvgIpc) is 3.12. The van der Waals surface area contributed by atoms with Crippen molar-refractivity contribution in [3.05, 3.63) is 90.1 Å². The summed E-state index contributed by atoms with van der Waals surface area (Å²) in [5.41, 5.74) is 1.63. The van der Waals surface area contributed by atoms with E-state index in [1.165, 1.54) is 22.3 Å². The van der Waals surface area contributed by atoms with Gasteiger partial charge in [0.25, 0.3) is 10.0 Å². The van der Waals surface area contributed by atoms with Crippen LogP contribution in [0.15, 0.2) is 83.9 Å². The molecule has 0 unspecified atom stereocenters. The third kappa shape index (κ3) is 3.60. The monoisotopic (exact) mass is 407 g/mol. The van der Waals surface area contributed by atoms with Crippen LogP contribution in [0.5, 0.6) is 11.5 Å². The highest BCUT2D eigenvalue weighted by Gasteiger charge is 2.19. The predicted molar refractivity (Wildman–Crippen MR) is 109 cm³/mol. The summed E-state index contributed by atoms with van der Waals surface area (Å²) in [7, 11) is -3.72. The molecule has 0 spiro atoms. The molecule has 3 aromatic carbocycles. The molecule has 4 aromatic rings. The standard InChI is InChI=1S/C22H17NO5S/c1-15-5-8-20(9-6-15)29(26,27)23-12-11-16-13-19(7-10-21(16)23)28-18-4-2-3-17(14-18)22(24)25/h2-14H,1H3,(H,24,25). The molecule has 0 amide bonds. The van der Waals surface area contributed by atoms with Crippen molar-refractivity contribution in [1.29, 1.82) is 0 Å². The number of aryl methyl sites for hydroxylation is 1. The lowest BCUT2D eigenvalue weighted by molar-refractivity contribution is 0.0696. The lowest BCUT2D eigenvalue weighted by atomic mass is 10.2. The van der Waals surface area contributed by atoms with Crippen LogP contribution in [-0.2, 0) is 10.0 Å². The molecule has 29 heavy (non-hydrogen) atoms. The van der Waals surface area contributed by atoms with Crippen LogP contribution < -0.4 is 4.74 Å². The molecule has 4 rings (SSSR count). The van der Waals surface area contributed by atoms with Crippen molar-refractivity contribution in [2.75, 3.05) is 0 Å². The molecule has 1 N–H and O–H groups in total. The number of carboxylic acids is 1. The fourth-order valence-corrected chi connectivity index (χ4v) is 4.37. The topological polar surface area (TPSA) is 85.6 Å². The maximum absolute atomic E-state index is 13.0. The summed E-state index contributed by atoms with van der Waals surface area (Å²) in [6.07, 6.45) is 1.51. The number of ether oxygens (including phenoxy) is 1. The van der Waals surface area contributed by atoms with Crippen LogP contribution in [0.1, 0.15) is 15.9 Å². The molecule has 0 radical (unpaired) electrons. The number of fused-ring (bicyclic) bond motifs is 1. The molecule has 7 heteroatoms. The predicted octanol–water partition coefficient (Wildman–Crippen LogP) is 4.68. The number of carbonyl (C=O) groups is 1. The van der Waals surface area contributed by atoms with Crippen LogP contribution in [0.2, 0.25) is 0 Å². The fraction of sp³-hybridized carbons (Fsp3) is 0.0455. The third-order valence-corrected chi connectivity index (χ3v) is 6.22. The minimum atomic E-state index is -3.72. The smallest absolute Gasteiger partial charge is 0.335 e. The van der Waals surface area contributed by atoms with E-state index in [2.05, 4.69) is 0 Å². The summed E-state index contributed by atoms with van der Waals surface area (Å²) in [4.78, 5) is 11.3. The van der Waals surface area contributed by atoms with E-state index in [-0.39, 0.29) is 10.5 Å². The Morgan fingerprint density at radius 1 is 0.931 bits per heavy atom. The zero-order valence-corrected chi connectivity index (χ0v) is 16.3. The zero-order valence-electron chi connectivity index (χ0n) is 15.4. The number of aromatic nitrogens is 1. The van der Waals surface area contributed by atoms with E-state index in [9.17, 15) is 13.2 Å². The van der Waals surface area contributed by atoms with Gasteiger partial charge in [-0.25, -0.2) is 17.2 Å². The Hall–Kier alpha value is -3.58. The quantitative estimate of drug-likeness (QED) is 0.519. The Bertz CT molecular complexity index is 1320. The molecular weight excluding hydrogens is 390 g/mol. The van der Waals surface area contributed by atoms with Gasteiger partial charge < -0.3 is 9.84 Å². The highest BCUT2D eigenvalue weighted by molar-refractivity contribution is 7.90. The summed E-state index contributed by atoms with van der Waals surface area (Å²) in [6.45, 7) is 1.90. The molecule has 1 aromatic heterocycles. The lowest BCUT2D eigenvalue weighted by Gasteiger charge is -2.09. The van der Waals surface area contributed by atoms with Crippen LogP contribution in [-0.4, -0.2) is 23.5 Å². The van der Waals surface area contributed by atoms with Gasteiger partial charge in [-0.2, -0.15) is 0 Å². The Morgan fingerprint density at radius 2 is 1.66 bits per heavy atom. The molecule has 146 valence electrons. The van der Waals surface area contributed by atoms with Gasteiger partial charge >= 0.3 is 5.97 Å². The van der Waals surface area contributed by atoms with Gasteiger partial charge in [-0.15, -0.1) is 0 Å². The molecule has 0 aliphatic carbocycles. The van der Waals surface area contributed by atoms with E-state index in [0.717, 1.165) is 5.56 Å². The molecule has 0 saturated carbocycles. The SMILES string of the molecule is Cc1ccc(S(=O)(=O)n2ccc3cc(Oc4cccc(C(=O)O)c4)ccc32)cc1. The van der Waals surface area contributed by atoms with Gasteiger partial charge in [-0.1, -0.05) is 23.8 Å². The van der Waals surface area contributed by atoms with Crippen LogP contribution in [0, 0.1) is 6.92 Å². The largest absolute Gasteiger partial charge is 0.478 e. The third-order valence-electron chi connectivity index (χ3n) is 4.52. The van der Waals surface area contributed by atoms with Crippen LogP contribution >= 0.6 is 0 Å². The van der Waals surface area contributed by atoms with Gasteiger partial charge in [0.15, 0.2) is 0 Å². The van der Waals surface area contributed by atoms with Crippen LogP contribution in [0.3, 0.4) is 0 Å². The number of hydrogen-bond donors (Lipinski definition) is 1. The highest BCUT2D eigenvalue weighted by Crippen LogP contribution is 2.29. The lowest BCUT2D eigenvalue weighted by Crippen LogP contribution is -2.11. The number of hydrogen-bond acceptors (Lipinski definition) is 4. The average molecular weight is 407 g/mol. The van der Waals surface area contributed by atoms with Crippen molar-refractivity contribution in [2.45, 2.75) is 11.8 Å². The number of carboxylic acid groups (broad SMARTS) is 1. The Kier molecular flexibility index (Phi) is 4.60. The summed E-state index contributed by atoms with van der Waals surface area (Å²) < 4.78 is 32.9. The summed E-state index contributed by atoms with van der Waals surface area (Å²) in [6, 6.07) is 19.6. The second kappa shape index (κ2) is 7.10. The maximum atomic E-state index is 13.0. The minimum absolute atomic E-state index is 0.124. The van der Waals surface area contributed by atoms with Gasteiger partial charge in [-0.3, -0.25) is 0 Å². The van der Waals surface area contributed by atoms with Crippen molar-refractivity contribution in [2.24, 2.45) is 0 Å². The first-order valence-electron chi connectivity index (χ1n) is 8.79. The molecule has 0 fully saturated rings. The normalized spacial score (nSPS) is 11.5. The van der Waals surface area contributed by atoms with Gasteiger partial charge in [0.1, 0.15) is 11.5 Å². The molecule has 1 heterocycles. The summed E-state index contributed by atoms with van der Waals surface area (Å²) >= 11 is 0. The number of aromatic carboxylic acids is 1. The Balaban J connectivity index is 1.68. The summed E-state index contributed by atoms with van der Waals surface area (Å²) in [5.74, 6) is -0.175. The van der Waals surface area contributed by atoms with Crippen LogP contribution in [0.25, 0.3) is 10.9 Å². The Labute approximate surface area is 167 Å². The first-order valence-corrected chi connectivity index (χ1v) is 10.2. The maximum Gasteiger partial charge on any atom is 0.335 e. The first kappa shape index (κ1) is 18.8. The van der Waals surface area contributed by atoms with Gasteiger partial charge in [0.2, 0.25) is 0 Å². The molecule has 0 aliphatic rings. The van der Waals surface area contributed by atoms with E-state index in [0.29, 0.717) is 22.4 Å².